The number of ether oxygens (including phenoxy) is 1. The average Bonchev–Trinajstić information content (AvgIpc) is 2.97. The van der Waals surface area contributed by atoms with Crippen molar-refractivity contribution < 1.29 is 17.9 Å². The maximum atomic E-state index is 13.2. The Morgan fingerprint density at radius 3 is 2.19 bits per heavy atom. The molecule has 0 bridgehead atoms. The summed E-state index contributed by atoms with van der Waals surface area (Å²) < 4.78 is 33.3. The fraction of sp³-hybridized carbons (Fsp3) is 0.650. The van der Waals surface area contributed by atoms with Crippen LogP contribution in [0.2, 0.25) is 0 Å². The summed E-state index contributed by atoms with van der Waals surface area (Å²) in [7, 11) is -2.24. The van der Waals surface area contributed by atoms with Crippen LogP contribution in [0.25, 0.3) is 0 Å². The Balaban J connectivity index is 2.40. The maximum absolute atomic E-state index is 13.2. The lowest BCUT2D eigenvalue weighted by Crippen LogP contribution is -2.34. The van der Waals surface area contributed by atoms with Crippen LogP contribution in [0.15, 0.2) is 23.1 Å². The summed E-state index contributed by atoms with van der Waals surface area (Å²) in [6.45, 7) is 6.40. The van der Waals surface area contributed by atoms with Gasteiger partial charge in [0.2, 0.25) is 10.0 Å². The van der Waals surface area contributed by atoms with Gasteiger partial charge in [-0.3, -0.25) is 4.79 Å². The SMILES string of the molecule is CCCN(CCC)C(=O)c1ccc(OC)c(S(=O)(=O)N2CCCCCC2)c1. The van der Waals surface area contributed by atoms with Crippen molar-refractivity contribution in [2.45, 2.75) is 57.3 Å². The molecule has 1 heterocycles. The molecular weight excluding hydrogens is 364 g/mol. The van der Waals surface area contributed by atoms with Crippen molar-refractivity contribution in [1.29, 1.82) is 0 Å². The molecule has 0 N–H and O–H groups in total. The van der Waals surface area contributed by atoms with Crippen LogP contribution < -0.4 is 4.74 Å². The summed E-state index contributed by atoms with van der Waals surface area (Å²) in [6.07, 6.45) is 5.54. The molecule has 0 unspecified atom stereocenters. The van der Waals surface area contributed by atoms with E-state index in [2.05, 4.69) is 0 Å². The number of sulfonamides is 1. The smallest absolute Gasteiger partial charge is 0.253 e. The lowest BCUT2D eigenvalue weighted by Gasteiger charge is -2.24. The van der Waals surface area contributed by atoms with Gasteiger partial charge in [-0.1, -0.05) is 26.7 Å². The van der Waals surface area contributed by atoms with E-state index in [0.717, 1.165) is 38.5 Å². The van der Waals surface area contributed by atoms with E-state index in [1.54, 1.807) is 17.0 Å². The zero-order chi connectivity index (χ0) is 19.9. The third-order valence-electron chi connectivity index (χ3n) is 4.87. The van der Waals surface area contributed by atoms with E-state index >= 15 is 0 Å². The first kappa shape index (κ1) is 21.7. The van der Waals surface area contributed by atoms with E-state index in [4.69, 9.17) is 4.74 Å². The highest BCUT2D eigenvalue weighted by molar-refractivity contribution is 7.89. The quantitative estimate of drug-likeness (QED) is 0.674. The molecule has 1 aliphatic rings. The maximum Gasteiger partial charge on any atom is 0.253 e. The van der Waals surface area contributed by atoms with Crippen LogP contribution in [0.1, 0.15) is 62.7 Å². The Morgan fingerprint density at radius 1 is 1.07 bits per heavy atom. The minimum absolute atomic E-state index is 0.0886. The van der Waals surface area contributed by atoms with Gasteiger partial charge in [0.15, 0.2) is 0 Å². The molecular formula is C20H32N2O4S. The van der Waals surface area contributed by atoms with Crippen LogP contribution in [0.4, 0.5) is 0 Å². The van der Waals surface area contributed by atoms with Crippen molar-refractivity contribution >= 4 is 15.9 Å². The van der Waals surface area contributed by atoms with Gasteiger partial charge in [-0.15, -0.1) is 0 Å². The molecule has 0 spiro atoms. The van der Waals surface area contributed by atoms with Gasteiger partial charge >= 0.3 is 0 Å². The summed E-state index contributed by atoms with van der Waals surface area (Å²) in [4.78, 5) is 14.8. The molecule has 1 aromatic carbocycles. The second-order valence-electron chi connectivity index (χ2n) is 6.98. The van der Waals surface area contributed by atoms with Crippen molar-refractivity contribution in [2.75, 3.05) is 33.3 Å². The third kappa shape index (κ3) is 5.23. The van der Waals surface area contributed by atoms with Crippen LogP contribution >= 0.6 is 0 Å². The molecule has 1 amide bonds. The van der Waals surface area contributed by atoms with Gasteiger partial charge in [0, 0.05) is 31.7 Å². The molecule has 0 atom stereocenters. The van der Waals surface area contributed by atoms with Gasteiger partial charge in [-0.2, -0.15) is 4.31 Å². The van der Waals surface area contributed by atoms with Gasteiger partial charge in [0.1, 0.15) is 10.6 Å². The standard InChI is InChI=1S/C20H32N2O4S/c1-4-12-21(13-5-2)20(23)17-10-11-18(26-3)19(16-17)27(24,25)22-14-8-6-7-9-15-22/h10-11,16H,4-9,12-15H2,1-3H3. The second-order valence-corrected chi connectivity index (χ2v) is 8.88. The fourth-order valence-corrected chi connectivity index (χ4v) is 5.17. The molecule has 0 aliphatic carbocycles. The number of methoxy groups -OCH3 is 1. The largest absolute Gasteiger partial charge is 0.495 e. The first-order chi connectivity index (χ1) is 13.0. The van der Waals surface area contributed by atoms with Gasteiger partial charge in [-0.05, 0) is 43.9 Å². The van der Waals surface area contributed by atoms with Crippen molar-refractivity contribution in [1.82, 2.24) is 9.21 Å². The lowest BCUT2D eigenvalue weighted by atomic mass is 10.1. The highest BCUT2D eigenvalue weighted by atomic mass is 32.2. The normalized spacial score (nSPS) is 16.0. The molecule has 6 nitrogen and oxygen atoms in total. The summed E-state index contributed by atoms with van der Waals surface area (Å²) in [5.41, 5.74) is 0.395. The Bertz CT molecular complexity index is 719. The predicted octanol–water partition coefficient (Wildman–Crippen LogP) is 3.52. The van der Waals surface area contributed by atoms with E-state index in [1.807, 2.05) is 13.8 Å². The summed E-state index contributed by atoms with van der Waals surface area (Å²) in [5, 5.41) is 0. The highest BCUT2D eigenvalue weighted by Crippen LogP contribution is 2.29. The van der Waals surface area contributed by atoms with E-state index in [9.17, 15) is 13.2 Å². The van der Waals surface area contributed by atoms with E-state index < -0.39 is 10.0 Å². The number of benzene rings is 1. The van der Waals surface area contributed by atoms with Crippen LogP contribution in [-0.2, 0) is 10.0 Å². The van der Waals surface area contributed by atoms with Crippen molar-refractivity contribution in [3.05, 3.63) is 23.8 Å². The Hall–Kier alpha value is -1.60. The van der Waals surface area contributed by atoms with Crippen molar-refractivity contribution in [3.63, 3.8) is 0 Å². The zero-order valence-electron chi connectivity index (χ0n) is 16.7. The Labute approximate surface area is 163 Å². The van der Waals surface area contributed by atoms with Gasteiger partial charge < -0.3 is 9.64 Å². The molecule has 0 aromatic heterocycles. The molecule has 1 fully saturated rings. The van der Waals surface area contributed by atoms with Crippen LogP contribution in [0, 0.1) is 0 Å². The number of hydrogen-bond acceptors (Lipinski definition) is 4. The fourth-order valence-electron chi connectivity index (χ4n) is 3.47. The summed E-state index contributed by atoms with van der Waals surface area (Å²) >= 11 is 0. The zero-order valence-corrected chi connectivity index (χ0v) is 17.6. The number of amides is 1. The van der Waals surface area contributed by atoms with Crippen LogP contribution in [-0.4, -0.2) is 56.8 Å². The van der Waals surface area contributed by atoms with E-state index in [1.165, 1.54) is 17.5 Å². The van der Waals surface area contributed by atoms with Gasteiger partial charge in [-0.25, -0.2) is 8.42 Å². The van der Waals surface area contributed by atoms with Gasteiger partial charge in [0.05, 0.1) is 7.11 Å². The van der Waals surface area contributed by atoms with Gasteiger partial charge in [0.25, 0.3) is 5.91 Å². The molecule has 1 aliphatic heterocycles. The first-order valence-corrected chi connectivity index (χ1v) is 11.4. The molecule has 1 aromatic rings. The van der Waals surface area contributed by atoms with Crippen LogP contribution in [0.3, 0.4) is 0 Å². The minimum atomic E-state index is -3.70. The van der Waals surface area contributed by atoms with E-state index in [0.29, 0.717) is 31.7 Å². The molecule has 27 heavy (non-hydrogen) atoms. The number of carbonyl (C=O) groups excluding carboxylic acids is 1. The molecule has 0 saturated carbocycles. The number of hydrogen-bond donors (Lipinski definition) is 0. The van der Waals surface area contributed by atoms with Crippen molar-refractivity contribution in [3.8, 4) is 5.75 Å². The number of nitrogens with zero attached hydrogens (tertiary/aromatic N) is 2. The molecule has 152 valence electrons. The van der Waals surface area contributed by atoms with Crippen LogP contribution in [0.5, 0.6) is 5.75 Å². The minimum Gasteiger partial charge on any atom is -0.495 e. The summed E-state index contributed by atoms with van der Waals surface area (Å²) in [5.74, 6) is 0.155. The molecule has 1 saturated heterocycles. The molecule has 7 heteroatoms. The lowest BCUT2D eigenvalue weighted by molar-refractivity contribution is 0.0755. The average molecular weight is 397 g/mol. The highest BCUT2D eigenvalue weighted by Gasteiger charge is 2.29. The number of carbonyl (C=O) groups is 1. The summed E-state index contributed by atoms with van der Waals surface area (Å²) in [6, 6.07) is 4.73. The Kier molecular flexibility index (Phi) is 8.10. The molecule has 2 rings (SSSR count). The first-order valence-electron chi connectivity index (χ1n) is 9.93. The Morgan fingerprint density at radius 2 is 1.67 bits per heavy atom. The third-order valence-corrected chi connectivity index (χ3v) is 6.79. The predicted molar refractivity (Wildman–Crippen MR) is 107 cm³/mol. The van der Waals surface area contributed by atoms with Crippen molar-refractivity contribution in [2.24, 2.45) is 0 Å². The topological polar surface area (TPSA) is 66.9 Å². The monoisotopic (exact) mass is 396 g/mol. The number of rotatable bonds is 8. The molecule has 0 radical (unpaired) electrons. The van der Waals surface area contributed by atoms with E-state index in [-0.39, 0.29) is 16.6 Å². The second kappa shape index (κ2) is 10.1.